The van der Waals surface area contributed by atoms with Gasteiger partial charge in [0.25, 0.3) is 0 Å². The van der Waals surface area contributed by atoms with E-state index in [1.54, 1.807) is 36.4 Å². The number of hydrogen-bond donors (Lipinski definition) is 0. The molecule has 2 aromatic rings. The van der Waals surface area contributed by atoms with E-state index in [-0.39, 0.29) is 17.9 Å². The van der Waals surface area contributed by atoms with E-state index in [2.05, 4.69) is 0 Å². The number of carbonyl (C=O) groups excluding carboxylic acids is 4. The Bertz CT molecular complexity index is 1120. The Hall–Kier alpha value is -3.28. The van der Waals surface area contributed by atoms with Gasteiger partial charge in [-0.15, -0.1) is 0 Å². The van der Waals surface area contributed by atoms with Crippen molar-refractivity contribution in [1.82, 2.24) is 0 Å². The van der Waals surface area contributed by atoms with Gasteiger partial charge in [-0.2, -0.15) is 0 Å². The first-order valence-electron chi connectivity index (χ1n) is 11.9. The van der Waals surface area contributed by atoms with Crippen molar-refractivity contribution in [3.63, 3.8) is 0 Å². The Morgan fingerprint density at radius 2 is 1.56 bits per heavy atom. The Morgan fingerprint density at radius 1 is 0.853 bits per heavy atom. The zero-order valence-corrected chi connectivity index (χ0v) is 19.1. The van der Waals surface area contributed by atoms with Gasteiger partial charge in [-0.25, -0.2) is 9.59 Å². The maximum atomic E-state index is 12.4. The van der Waals surface area contributed by atoms with Crippen LogP contribution in [0, 0.1) is 29.6 Å². The number of methoxy groups -OCH3 is 1. The standard InChI is InChI=1S/C28H28O6/c1-33-28(32)21-7-4-17(14-30)8-23(21)25-11-20-12-26(25)24-10-18(9-22(20)24)15-34-27(31)19-5-2-16(13-29)3-6-19/h2-8,13-14,18,20,22,24-26H,9-12,15H2,1H3. The summed E-state index contributed by atoms with van der Waals surface area (Å²) in [5.41, 5.74) is 3.07. The highest BCUT2D eigenvalue weighted by Crippen LogP contribution is 2.64. The number of benzene rings is 2. The fourth-order valence-electron chi connectivity index (χ4n) is 6.91. The molecule has 3 aliphatic carbocycles. The quantitative estimate of drug-likeness (QED) is 0.439. The van der Waals surface area contributed by atoms with Gasteiger partial charge in [-0.3, -0.25) is 9.59 Å². The maximum Gasteiger partial charge on any atom is 0.338 e. The highest BCUT2D eigenvalue weighted by atomic mass is 16.5. The molecule has 5 rings (SSSR count). The third kappa shape index (κ3) is 3.95. The van der Waals surface area contributed by atoms with Gasteiger partial charge >= 0.3 is 11.9 Å². The summed E-state index contributed by atoms with van der Waals surface area (Å²) in [7, 11) is 1.39. The maximum absolute atomic E-state index is 12.4. The third-order valence-corrected chi connectivity index (χ3v) is 8.31. The van der Waals surface area contributed by atoms with Crippen molar-refractivity contribution < 1.29 is 28.7 Å². The van der Waals surface area contributed by atoms with Crippen LogP contribution in [0.15, 0.2) is 42.5 Å². The molecule has 0 aliphatic heterocycles. The van der Waals surface area contributed by atoms with Crippen LogP contribution in [0.25, 0.3) is 0 Å². The summed E-state index contributed by atoms with van der Waals surface area (Å²) >= 11 is 0. The molecule has 0 radical (unpaired) electrons. The number of carbonyl (C=O) groups is 4. The second-order valence-electron chi connectivity index (χ2n) is 9.96. The predicted molar refractivity (Wildman–Crippen MR) is 124 cm³/mol. The van der Waals surface area contributed by atoms with Crippen LogP contribution < -0.4 is 0 Å². The molecule has 3 aliphatic rings. The number of aldehydes is 2. The lowest BCUT2D eigenvalue weighted by Gasteiger charge is -2.32. The molecule has 6 atom stereocenters. The molecule has 0 aromatic heterocycles. The molecule has 0 spiro atoms. The van der Waals surface area contributed by atoms with Crippen molar-refractivity contribution in [2.24, 2.45) is 29.6 Å². The van der Waals surface area contributed by atoms with Crippen LogP contribution >= 0.6 is 0 Å². The minimum Gasteiger partial charge on any atom is -0.465 e. The fraction of sp³-hybridized carbons (Fsp3) is 0.429. The summed E-state index contributed by atoms with van der Waals surface area (Å²) in [6.07, 6.45) is 5.83. The monoisotopic (exact) mass is 460 g/mol. The Labute approximate surface area is 198 Å². The molecule has 3 fully saturated rings. The highest BCUT2D eigenvalue weighted by Gasteiger charge is 2.56. The van der Waals surface area contributed by atoms with Gasteiger partial charge in [0.2, 0.25) is 0 Å². The topological polar surface area (TPSA) is 86.7 Å². The molecule has 6 heteroatoms. The van der Waals surface area contributed by atoms with Crippen LogP contribution in [-0.2, 0) is 9.47 Å². The van der Waals surface area contributed by atoms with Crippen molar-refractivity contribution >= 4 is 24.5 Å². The van der Waals surface area contributed by atoms with Crippen molar-refractivity contribution in [3.05, 3.63) is 70.3 Å². The summed E-state index contributed by atoms with van der Waals surface area (Å²) < 4.78 is 10.6. The summed E-state index contributed by atoms with van der Waals surface area (Å²) in [6.45, 7) is 0.402. The van der Waals surface area contributed by atoms with E-state index < -0.39 is 0 Å². The van der Waals surface area contributed by atoms with E-state index in [4.69, 9.17) is 9.47 Å². The number of fused-ring (bicyclic) bond motifs is 5. The van der Waals surface area contributed by atoms with Crippen LogP contribution in [-0.4, -0.2) is 38.2 Å². The largest absolute Gasteiger partial charge is 0.465 e. The number of esters is 2. The van der Waals surface area contributed by atoms with Gasteiger partial charge in [-0.1, -0.05) is 18.2 Å². The molecule has 3 saturated carbocycles. The molecule has 176 valence electrons. The van der Waals surface area contributed by atoms with Crippen molar-refractivity contribution in [2.45, 2.75) is 31.6 Å². The minimum atomic E-state index is -0.358. The Morgan fingerprint density at radius 3 is 2.26 bits per heavy atom. The predicted octanol–water partition coefficient (Wildman–Crippen LogP) is 4.72. The third-order valence-electron chi connectivity index (χ3n) is 8.31. The molecule has 6 nitrogen and oxygen atoms in total. The fourth-order valence-corrected chi connectivity index (χ4v) is 6.91. The molecule has 6 unspecified atom stereocenters. The second-order valence-corrected chi connectivity index (χ2v) is 9.96. The normalized spacial score (nSPS) is 28.9. The van der Waals surface area contributed by atoms with Crippen LogP contribution in [0.1, 0.15) is 78.6 Å². The molecular weight excluding hydrogens is 432 g/mol. The first-order valence-corrected chi connectivity index (χ1v) is 11.9. The average Bonchev–Trinajstić information content (AvgIpc) is 3.58. The number of ether oxygens (including phenoxy) is 2. The van der Waals surface area contributed by atoms with Gasteiger partial charge in [0.1, 0.15) is 12.6 Å². The summed E-state index contributed by atoms with van der Waals surface area (Å²) in [4.78, 5) is 47.0. The molecular formula is C28H28O6. The van der Waals surface area contributed by atoms with Crippen molar-refractivity contribution in [1.29, 1.82) is 0 Å². The zero-order chi connectivity index (χ0) is 23.8. The van der Waals surface area contributed by atoms with E-state index in [9.17, 15) is 19.2 Å². The summed E-state index contributed by atoms with van der Waals surface area (Å²) in [6, 6.07) is 11.7. The molecule has 2 aromatic carbocycles. The lowest BCUT2D eigenvalue weighted by Crippen LogP contribution is -2.24. The van der Waals surface area contributed by atoms with Crippen LogP contribution in [0.2, 0.25) is 0 Å². The molecule has 2 bridgehead atoms. The van der Waals surface area contributed by atoms with Gasteiger partial charge < -0.3 is 9.47 Å². The van der Waals surface area contributed by atoms with Crippen molar-refractivity contribution in [3.8, 4) is 0 Å². The molecule has 0 heterocycles. The molecule has 0 N–H and O–H groups in total. The number of hydrogen-bond acceptors (Lipinski definition) is 6. The van der Waals surface area contributed by atoms with E-state index in [1.807, 2.05) is 6.07 Å². The lowest BCUT2D eigenvalue weighted by atomic mass is 9.72. The average molecular weight is 461 g/mol. The van der Waals surface area contributed by atoms with Crippen LogP contribution in [0.5, 0.6) is 0 Å². The summed E-state index contributed by atoms with van der Waals surface area (Å²) in [5.74, 6) is 2.11. The van der Waals surface area contributed by atoms with Gasteiger partial charge in [0.15, 0.2) is 0 Å². The van der Waals surface area contributed by atoms with E-state index in [0.717, 1.165) is 43.8 Å². The first kappa shape index (κ1) is 22.5. The van der Waals surface area contributed by atoms with Gasteiger partial charge in [-0.05, 0) is 91.0 Å². The molecule has 0 saturated heterocycles. The van der Waals surface area contributed by atoms with E-state index in [0.29, 0.717) is 58.5 Å². The lowest BCUT2D eigenvalue weighted by molar-refractivity contribution is 0.0434. The Balaban J connectivity index is 1.26. The summed E-state index contributed by atoms with van der Waals surface area (Å²) in [5, 5.41) is 0. The zero-order valence-electron chi connectivity index (χ0n) is 19.1. The van der Waals surface area contributed by atoms with Crippen LogP contribution in [0.4, 0.5) is 0 Å². The molecule has 0 amide bonds. The first-order chi connectivity index (χ1) is 16.5. The van der Waals surface area contributed by atoms with Gasteiger partial charge in [0.05, 0.1) is 24.8 Å². The highest BCUT2D eigenvalue weighted by molar-refractivity contribution is 5.92. The van der Waals surface area contributed by atoms with E-state index >= 15 is 0 Å². The molecule has 34 heavy (non-hydrogen) atoms. The van der Waals surface area contributed by atoms with Gasteiger partial charge in [0, 0.05) is 11.1 Å². The smallest absolute Gasteiger partial charge is 0.338 e. The van der Waals surface area contributed by atoms with Crippen molar-refractivity contribution in [2.75, 3.05) is 13.7 Å². The van der Waals surface area contributed by atoms with E-state index in [1.165, 1.54) is 7.11 Å². The Kier molecular flexibility index (Phi) is 6.07. The minimum absolute atomic E-state index is 0.248. The number of rotatable bonds is 7. The second kappa shape index (κ2) is 9.16. The SMILES string of the molecule is COC(=O)c1ccc(C=O)cc1C1CC2CC1C1CC(COC(=O)c3ccc(C=O)cc3)CC21. The van der Waals surface area contributed by atoms with Crippen LogP contribution in [0.3, 0.4) is 0 Å².